The maximum absolute atomic E-state index is 5.92. The summed E-state index contributed by atoms with van der Waals surface area (Å²) in [6.45, 7) is 4.48. The van der Waals surface area contributed by atoms with Crippen LogP contribution in [0.2, 0.25) is 0 Å². The van der Waals surface area contributed by atoms with Crippen LogP contribution in [-0.2, 0) is 5.41 Å². The van der Waals surface area contributed by atoms with Crippen molar-refractivity contribution in [2.75, 3.05) is 31.7 Å². The van der Waals surface area contributed by atoms with Crippen molar-refractivity contribution in [3.05, 3.63) is 48.2 Å². The van der Waals surface area contributed by atoms with E-state index >= 15 is 0 Å². The van der Waals surface area contributed by atoms with Gasteiger partial charge in [-0.2, -0.15) is 0 Å². The average Bonchev–Trinajstić information content (AvgIpc) is 3.30. The molecule has 0 saturated carbocycles. The van der Waals surface area contributed by atoms with Crippen LogP contribution in [0, 0.1) is 6.92 Å². The van der Waals surface area contributed by atoms with Crippen molar-refractivity contribution in [2.24, 2.45) is 0 Å². The molecule has 1 fully saturated rings. The molecule has 1 spiro atoms. The van der Waals surface area contributed by atoms with Gasteiger partial charge >= 0.3 is 0 Å². The molecule has 8 heteroatoms. The first-order valence-electron chi connectivity index (χ1n) is 9.45. The number of rotatable bonds is 3. The second-order valence-corrected chi connectivity index (χ2v) is 7.37. The van der Waals surface area contributed by atoms with Gasteiger partial charge in [0.15, 0.2) is 0 Å². The Bertz CT molecular complexity index is 992. The van der Waals surface area contributed by atoms with E-state index in [2.05, 4.69) is 31.1 Å². The fourth-order valence-corrected chi connectivity index (χ4v) is 4.26. The van der Waals surface area contributed by atoms with E-state index in [-0.39, 0.29) is 5.41 Å². The third-order valence-electron chi connectivity index (χ3n) is 5.86. The van der Waals surface area contributed by atoms with E-state index in [9.17, 15) is 0 Å². The summed E-state index contributed by atoms with van der Waals surface area (Å²) in [5.74, 6) is 3.21. The summed E-state index contributed by atoms with van der Waals surface area (Å²) in [5.41, 5.74) is 2.30. The highest BCUT2D eigenvalue weighted by molar-refractivity contribution is 5.47. The lowest BCUT2D eigenvalue weighted by Gasteiger charge is -2.38. The Morgan fingerprint density at radius 1 is 1.11 bits per heavy atom. The van der Waals surface area contributed by atoms with Crippen molar-refractivity contribution >= 4 is 5.95 Å². The van der Waals surface area contributed by atoms with Gasteiger partial charge in [0.2, 0.25) is 11.8 Å². The Hall–Kier alpha value is -3.16. The molecule has 0 aromatic carbocycles. The molecular formula is C20H22N6O2. The fourth-order valence-electron chi connectivity index (χ4n) is 4.26. The van der Waals surface area contributed by atoms with Gasteiger partial charge in [0, 0.05) is 36.3 Å². The number of pyridine rings is 2. The highest BCUT2D eigenvalue weighted by Gasteiger charge is 2.43. The number of piperidine rings is 1. The van der Waals surface area contributed by atoms with E-state index in [0.717, 1.165) is 55.7 Å². The zero-order valence-electron chi connectivity index (χ0n) is 16.0. The first-order valence-corrected chi connectivity index (χ1v) is 9.45. The van der Waals surface area contributed by atoms with Crippen LogP contribution in [0.1, 0.15) is 24.2 Å². The van der Waals surface area contributed by atoms with Crippen LogP contribution in [0.4, 0.5) is 5.95 Å². The maximum Gasteiger partial charge on any atom is 0.231 e. The molecule has 2 aliphatic heterocycles. The normalized spacial score (nSPS) is 17.4. The Morgan fingerprint density at radius 3 is 2.71 bits per heavy atom. The van der Waals surface area contributed by atoms with Crippen molar-refractivity contribution in [3.8, 4) is 17.3 Å². The van der Waals surface area contributed by atoms with Crippen LogP contribution in [0.5, 0.6) is 11.6 Å². The van der Waals surface area contributed by atoms with Crippen LogP contribution < -0.4 is 14.4 Å². The summed E-state index contributed by atoms with van der Waals surface area (Å²) in [5, 5.41) is 8.77. The Morgan fingerprint density at radius 2 is 1.96 bits per heavy atom. The van der Waals surface area contributed by atoms with Gasteiger partial charge in [-0.1, -0.05) is 0 Å². The summed E-state index contributed by atoms with van der Waals surface area (Å²) >= 11 is 0. The summed E-state index contributed by atoms with van der Waals surface area (Å²) in [7, 11) is 1.61. The number of aryl methyl sites for hydroxylation is 1. The highest BCUT2D eigenvalue weighted by Crippen LogP contribution is 2.45. The molecule has 0 aliphatic carbocycles. The molecule has 28 heavy (non-hydrogen) atoms. The fraction of sp³-hybridized carbons (Fsp3) is 0.400. The number of hydrogen-bond acceptors (Lipinski definition) is 7. The van der Waals surface area contributed by atoms with E-state index in [1.807, 2.05) is 36.0 Å². The minimum atomic E-state index is 0.0797. The Labute approximate surface area is 163 Å². The number of nitrogens with zero attached hydrogens (tertiary/aromatic N) is 6. The van der Waals surface area contributed by atoms with Gasteiger partial charge in [-0.15, -0.1) is 10.2 Å². The van der Waals surface area contributed by atoms with Crippen LogP contribution in [0.25, 0.3) is 5.69 Å². The number of ether oxygens (including phenoxy) is 2. The predicted molar refractivity (Wildman–Crippen MR) is 103 cm³/mol. The average molecular weight is 378 g/mol. The smallest absolute Gasteiger partial charge is 0.231 e. The number of hydrogen-bond donors (Lipinski definition) is 0. The summed E-state index contributed by atoms with van der Waals surface area (Å²) in [6, 6.07) is 5.93. The topological polar surface area (TPSA) is 78.2 Å². The van der Waals surface area contributed by atoms with Crippen molar-refractivity contribution in [3.63, 3.8) is 0 Å². The number of anilines is 1. The highest BCUT2D eigenvalue weighted by atomic mass is 16.5. The van der Waals surface area contributed by atoms with Crippen molar-refractivity contribution in [2.45, 2.75) is 25.2 Å². The maximum atomic E-state index is 5.92. The molecule has 0 N–H and O–H groups in total. The van der Waals surface area contributed by atoms with E-state index < -0.39 is 0 Å². The minimum Gasteiger partial charge on any atom is -0.491 e. The molecule has 144 valence electrons. The third kappa shape index (κ3) is 2.59. The van der Waals surface area contributed by atoms with Crippen LogP contribution in [-0.4, -0.2) is 51.5 Å². The molecule has 0 atom stereocenters. The molecular weight excluding hydrogens is 356 g/mol. The first kappa shape index (κ1) is 17.0. The molecule has 1 saturated heterocycles. The quantitative estimate of drug-likeness (QED) is 0.692. The van der Waals surface area contributed by atoms with Crippen LogP contribution in [0.15, 0.2) is 36.8 Å². The zero-order chi connectivity index (χ0) is 19.1. The van der Waals surface area contributed by atoms with E-state index in [1.54, 1.807) is 13.3 Å². The lowest BCUT2D eigenvalue weighted by Crippen LogP contribution is -2.44. The Kier molecular flexibility index (Phi) is 3.92. The third-order valence-corrected chi connectivity index (χ3v) is 5.86. The number of fused-ring (bicyclic) bond motifs is 2. The second kappa shape index (κ2) is 6.47. The number of aromatic nitrogens is 5. The second-order valence-electron chi connectivity index (χ2n) is 7.37. The lowest BCUT2D eigenvalue weighted by molar-refractivity contribution is 0.229. The van der Waals surface area contributed by atoms with Crippen LogP contribution >= 0.6 is 0 Å². The first-order chi connectivity index (χ1) is 13.7. The van der Waals surface area contributed by atoms with Crippen molar-refractivity contribution < 1.29 is 9.47 Å². The van der Waals surface area contributed by atoms with E-state index in [0.29, 0.717) is 5.88 Å². The molecule has 0 bridgehead atoms. The molecule has 0 radical (unpaired) electrons. The van der Waals surface area contributed by atoms with Gasteiger partial charge in [0.1, 0.15) is 11.6 Å². The molecule has 3 aromatic rings. The van der Waals surface area contributed by atoms with Crippen LogP contribution in [0.3, 0.4) is 0 Å². The minimum absolute atomic E-state index is 0.0797. The molecule has 2 aliphatic rings. The largest absolute Gasteiger partial charge is 0.491 e. The van der Waals surface area contributed by atoms with Gasteiger partial charge in [-0.25, -0.2) is 4.98 Å². The van der Waals surface area contributed by atoms with Crippen molar-refractivity contribution in [1.29, 1.82) is 0 Å². The molecule has 5 heterocycles. The van der Waals surface area contributed by atoms with Gasteiger partial charge in [0.25, 0.3) is 0 Å². The molecule has 0 amide bonds. The van der Waals surface area contributed by atoms with Gasteiger partial charge in [-0.05, 0) is 31.9 Å². The lowest BCUT2D eigenvalue weighted by atomic mass is 9.75. The van der Waals surface area contributed by atoms with E-state index in [4.69, 9.17) is 9.47 Å². The van der Waals surface area contributed by atoms with Gasteiger partial charge in [0.05, 0.1) is 31.8 Å². The number of methoxy groups -OCH3 is 1. The Balaban J connectivity index is 1.41. The molecule has 0 unspecified atom stereocenters. The van der Waals surface area contributed by atoms with Gasteiger partial charge < -0.3 is 14.4 Å². The standard InChI is InChI=1S/C20H22N6O2/c1-14-23-24-19(26(14)15-3-4-18(27-2)22-11-15)25-9-6-20(7-10-25)13-28-17-12-21-8-5-16(17)20/h3-5,8,11-12H,6-7,9-10,13H2,1-2H3. The zero-order valence-corrected chi connectivity index (χ0v) is 16.0. The van der Waals surface area contributed by atoms with Crippen molar-refractivity contribution in [1.82, 2.24) is 24.7 Å². The summed E-state index contributed by atoms with van der Waals surface area (Å²) < 4.78 is 13.1. The predicted octanol–water partition coefficient (Wildman–Crippen LogP) is 2.30. The summed E-state index contributed by atoms with van der Waals surface area (Å²) in [6.07, 6.45) is 7.50. The summed E-state index contributed by atoms with van der Waals surface area (Å²) in [4.78, 5) is 10.8. The molecule has 3 aromatic heterocycles. The molecule has 8 nitrogen and oxygen atoms in total. The molecule has 5 rings (SSSR count). The van der Waals surface area contributed by atoms with E-state index in [1.165, 1.54) is 5.56 Å². The monoisotopic (exact) mass is 378 g/mol. The van der Waals surface area contributed by atoms with Gasteiger partial charge in [-0.3, -0.25) is 9.55 Å². The SMILES string of the molecule is COc1ccc(-n2c(C)nnc2N2CCC3(CC2)COc2cnccc23)cn1.